The predicted octanol–water partition coefficient (Wildman–Crippen LogP) is 3.67. The predicted molar refractivity (Wildman–Crippen MR) is 127 cm³/mol. The van der Waals surface area contributed by atoms with Crippen molar-refractivity contribution in [1.82, 2.24) is 9.80 Å². The van der Waals surface area contributed by atoms with Crippen LogP contribution in [0.25, 0.3) is 6.08 Å². The molecule has 1 unspecified atom stereocenters. The van der Waals surface area contributed by atoms with Crippen molar-refractivity contribution in [3.63, 3.8) is 0 Å². The van der Waals surface area contributed by atoms with Crippen molar-refractivity contribution in [2.45, 2.75) is 18.6 Å². The first kappa shape index (κ1) is 24.6. The molecule has 4 amide bonds. The molecular weight excluding hydrogens is 503 g/mol. The zero-order chi connectivity index (χ0) is 25.3. The minimum absolute atomic E-state index is 0.110. The Bertz CT molecular complexity index is 1260. The van der Waals surface area contributed by atoms with Gasteiger partial charge in [-0.25, -0.2) is 0 Å². The number of benzene rings is 2. The van der Waals surface area contributed by atoms with Crippen molar-refractivity contribution in [2.24, 2.45) is 0 Å². The van der Waals surface area contributed by atoms with Crippen molar-refractivity contribution in [2.75, 3.05) is 11.9 Å². The van der Waals surface area contributed by atoms with E-state index >= 15 is 0 Å². The Morgan fingerprint density at radius 3 is 2.51 bits per heavy atom. The van der Waals surface area contributed by atoms with E-state index in [2.05, 4.69) is 5.32 Å². The minimum atomic E-state index is -4.60. The number of halogens is 3. The Kier molecular flexibility index (Phi) is 6.77. The number of hydrogen-bond acceptors (Lipinski definition) is 6. The van der Waals surface area contributed by atoms with Gasteiger partial charge in [0.2, 0.25) is 11.8 Å². The molecule has 35 heavy (non-hydrogen) atoms. The first-order valence-electron chi connectivity index (χ1n) is 10.2. The maximum absolute atomic E-state index is 12.9. The lowest BCUT2D eigenvalue weighted by Gasteiger charge is -2.21. The van der Waals surface area contributed by atoms with Crippen LogP contribution in [0.15, 0.2) is 59.5 Å². The van der Waals surface area contributed by atoms with Crippen molar-refractivity contribution in [3.05, 3.63) is 70.6 Å². The summed E-state index contributed by atoms with van der Waals surface area (Å²) in [6.45, 7) is -0.709. The van der Waals surface area contributed by atoms with Crippen LogP contribution >= 0.6 is 24.0 Å². The molecule has 0 aliphatic carbocycles. The third kappa shape index (κ3) is 5.28. The van der Waals surface area contributed by atoms with E-state index < -0.39 is 48.0 Å². The van der Waals surface area contributed by atoms with Gasteiger partial charge in [0.25, 0.3) is 11.8 Å². The van der Waals surface area contributed by atoms with E-state index in [4.69, 9.17) is 12.2 Å². The normalized spacial score (nSPS) is 19.7. The molecule has 1 atom stereocenters. The second-order valence-electron chi connectivity index (χ2n) is 7.63. The number of thioether (sulfide) groups is 1. The lowest BCUT2D eigenvalue weighted by molar-refractivity contribution is -0.143. The molecule has 2 aliphatic heterocycles. The molecule has 2 fully saturated rings. The Morgan fingerprint density at radius 2 is 1.83 bits per heavy atom. The number of hydrogen-bond donors (Lipinski definition) is 1. The van der Waals surface area contributed by atoms with Gasteiger partial charge in [-0.1, -0.05) is 60.4 Å². The monoisotopic (exact) mass is 519 g/mol. The fourth-order valence-corrected chi connectivity index (χ4v) is 4.96. The number of carbonyl (C=O) groups is 4. The molecule has 0 saturated carbocycles. The second-order valence-corrected chi connectivity index (χ2v) is 9.30. The molecule has 7 nitrogen and oxygen atoms in total. The van der Waals surface area contributed by atoms with Crippen LogP contribution in [0.5, 0.6) is 0 Å². The van der Waals surface area contributed by atoms with Crippen molar-refractivity contribution in [3.8, 4) is 0 Å². The maximum atomic E-state index is 12.9. The largest absolute Gasteiger partial charge is 0.416 e. The molecule has 12 heteroatoms. The van der Waals surface area contributed by atoms with E-state index in [1.165, 1.54) is 6.07 Å². The molecule has 1 N–H and O–H groups in total. The summed E-state index contributed by atoms with van der Waals surface area (Å²) in [6, 6.07) is 11.8. The lowest BCUT2D eigenvalue weighted by atomic mass is 10.2. The number of nitrogens with one attached hydrogen (secondary N) is 1. The van der Waals surface area contributed by atoms with E-state index in [-0.39, 0.29) is 16.4 Å². The number of anilines is 1. The first-order valence-corrected chi connectivity index (χ1v) is 11.4. The van der Waals surface area contributed by atoms with E-state index in [9.17, 15) is 32.3 Å². The maximum Gasteiger partial charge on any atom is 0.416 e. The van der Waals surface area contributed by atoms with Crippen LogP contribution in [0.2, 0.25) is 0 Å². The molecule has 2 aromatic rings. The van der Waals surface area contributed by atoms with Crippen LogP contribution in [0.4, 0.5) is 18.9 Å². The SMILES string of the molecule is O=C(CN1C(=O)CC(N2C(=O)C(=Cc3ccccc3)SC2=S)C1=O)Nc1cccc(C(F)(F)F)c1. The van der Waals surface area contributed by atoms with Crippen LogP contribution in [0, 0.1) is 0 Å². The van der Waals surface area contributed by atoms with Gasteiger partial charge >= 0.3 is 6.18 Å². The van der Waals surface area contributed by atoms with Gasteiger partial charge in [0.1, 0.15) is 16.9 Å². The first-order chi connectivity index (χ1) is 16.5. The summed E-state index contributed by atoms with van der Waals surface area (Å²) in [5.74, 6) is -2.86. The Morgan fingerprint density at radius 1 is 1.11 bits per heavy atom. The van der Waals surface area contributed by atoms with Crippen LogP contribution in [0.3, 0.4) is 0 Å². The van der Waals surface area contributed by atoms with Crippen LogP contribution in [-0.4, -0.2) is 50.3 Å². The Hall–Kier alpha value is -3.51. The van der Waals surface area contributed by atoms with Gasteiger partial charge in [0.05, 0.1) is 16.9 Å². The van der Waals surface area contributed by atoms with Gasteiger partial charge in [0, 0.05) is 5.69 Å². The summed E-state index contributed by atoms with van der Waals surface area (Å²) in [7, 11) is 0. The summed E-state index contributed by atoms with van der Waals surface area (Å²) < 4.78 is 38.8. The van der Waals surface area contributed by atoms with E-state index in [1.54, 1.807) is 30.3 Å². The van der Waals surface area contributed by atoms with Gasteiger partial charge < -0.3 is 5.32 Å². The van der Waals surface area contributed by atoms with Gasteiger partial charge in [-0.05, 0) is 29.8 Å². The number of likely N-dealkylation sites (tertiary alicyclic amines) is 1. The molecule has 0 spiro atoms. The summed E-state index contributed by atoms with van der Waals surface area (Å²) >= 11 is 6.27. The smallest absolute Gasteiger partial charge is 0.325 e. The molecule has 4 rings (SSSR count). The molecule has 2 saturated heterocycles. The highest BCUT2D eigenvalue weighted by molar-refractivity contribution is 8.26. The zero-order valence-electron chi connectivity index (χ0n) is 17.7. The number of alkyl halides is 3. The molecule has 0 bridgehead atoms. The highest BCUT2D eigenvalue weighted by Crippen LogP contribution is 2.36. The molecule has 2 heterocycles. The fraction of sp³-hybridized carbons (Fsp3) is 0.174. The number of carbonyl (C=O) groups excluding carboxylic acids is 4. The van der Waals surface area contributed by atoms with Gasteiger partial charge in [-0.15, -0.1) is 0 Å². The fourth-order valence-electron chi connectivity index (χ4n) is 3.60. The molecule has 0 aromatic heterocycles. The quantitative estimate of drug-likeness (QED) is 0.369. The number of rotatable bonds is 5. The highest BCUT2D eigenvalue weighted by Gasteiger charge is 2.48. The highest BCUT2D eigenvalue weighted by atomic mass is 32.2. The standard InChI is InChI=1S/C23H16F3N3O4S2/c24-23(25,26)14-7-4-8-15(10-14)27-18(30)12-28-19(31)11-16(20(28)32)29-21(33)17(35-22(29)34)9-13-5-2-1-3-6-13/h1-10,16H,11-12H2,(H,27,30). The summed E-state index contributed by atoms with van der Waals surface area (Å²) in [4.78, 5) is 52.8. The van der Waals surface area contributed by atoms with E-state index in [0.717, 1.165) is 40.4 Å². The van der Waals surface area contributed by atoms with Gasteiger partial charge in [-0.3, -0.25) is 29.0 Å². The number of imide groups is 1. The third-order valence-corrected chi connectivity index (χ3v) is 6.56. The molecule has 0 radical (unpaired) electrons. The van der Waals surface area contributed by atoms with E-state index in [0.29, 0.717) is 9.81 Å². The van der Waals surface area contributed by atoms with Gasteiger partial charge in [-0.2, -0.15) is 13.2 Å². The Labute approximate surface area is 206 Å². The van der Waals surface area contributed by atoms with Crippen LogP contribution in [0.1, 0.15) is 17.5 Å². The summed E-state index contributed by atoms with van der Waals surface area (Å²) in [5, 5.41) is 2.25. The topological polar surface area (TPSA) is 86.8 Å². The third-order valence-electron chi connectivity index (χ3n) is 5.23. The average Bonchev–Trinajstić information content (AvgIpc) is 3.22. The van der Waals surface area contributed by atoms with Gasteiger partial charge in [0.15, 0.2) is 0 Å². The lowest BCUT2D eigenvalue weighted by Crippen LogP contribution is -2.45. The number of amides is 4. The van der Waals surface area contributed by atoms with Crippen LogP contribution in [-0.2, 0) is 25.4 Å². The molecule has 2 aromatic carbocycles. The van der Waals surface area contributed by atoms with Crippen molar-refractivity contribution >= 4 is 63.7 Å². The molecule has 2 aliphatic rings. The van der Waals surface area contributed by atoms with E-state index in [1.807, 2.05) is 6.07 Å². The minimum Gasteiger partial charge on any atom is -0.325 e. The summed E-state index contributed by atoms with van der Waals surface area (Å²) in [5.41, 5.74) is -0.334. The summed E-state index contributed by atoms with van der Waals surface area (Å²) in [6.07, 6.45) is -3.33. The zero-order valence-corrected chi connectivity index (χ0v) is 19.4. The number of thiocarbonyl (C=S) groups is 1. The second kappa shape index (κ2) is 9.62. The van der Waals surface area contributed by atoms with Crippen molar-refractivity contribution in [1.29, 1.82) is 0 Å². The van der Waals surface area contributed by atoms with Crippen molar-refractivity contribution < 1.29 is 32.3 Å². The van der Waals surface area contributed by atoms with Crippen LogP contribution < -0.4 is 5.32 Å². The number of nitrogens with zero attached hydrogens (tertiary/aromatic N) is 2. The Balaban J connectivity index is 1.45. The molecule has 180 valence electrons. The average molecular weight is 520 g/mol. The molecular formula is C23H16F3N3O4S2.